The topological polar surface area (TPSA) is 83.4 Å². The van der Waals surface area contributed by atoms with E-state index in [0.29, 0.717) is 19.0 Å². The van der Waals surface area contributed by atoms with Crippen LogP contribution in [-0.2, 0) is 14.3 Å². The zero-order chi connectivity index (χ0) is 14.7. The summed E-state index contributed by atoms with van der Waals surface area (Å²) in [6.07, 6.45) is 1.62. The largest absolute Gasteiger partial charge is 0.381 e. The van der Waals surface area contributed by atoms with Crippen molar-refractivity contribution in [3.63, 3.8) is 0 Å². The van der Waals surface area contributed by atoms with Gasteiger partial charge in [0.2, 0.25) is 0 Å². The molecule has 0 atom stereocenters. The molecule has 0 spiro atoms. The molecule has 1 saturated heterocycles. The van der Waals surface area contributed by atoms with E-state index in [2.05, 4.69) is 22.0 Å². The van der Waals surface area contributed by atoms with Crippen molar-refractivity contribution >= 4 is 23.4 Å². The molecule has 0 bridgehead atoms. The third kappa shape index (κ3) is 2.77. The van der Waals surface area contributed by atoms with Crippen molar-refractivity contribution in [3.05, 3.63) is 12.3 Å². The van der Waals surface area contributed by atoms with E-state index in [-0.39, 0.29) is 23.2 Å². The molecule has 0 radical (unpaired) electrons. The molecule has 1 fully saturated rings. The summed E-state index contributed by atoms with van der Waals surface area (Å²) in [4.78, 5) is 27.5. The van der Waals surface area contributed by atoms with Gasteiger partial charge in [-0.1, -0.05) is 6.58 Å². The Balaban J connectivity index is 2.31. The van der Waals surface area contributed by atoms with Crippen LogP contribution < -0.4 is 5.32 Å². The van der Waals surface area contributed by atoms with E-state index in [1.807, 2.05) is 0 Å². The van der Waals surface area contributed by atoms with Crippen LogP contribution in [-0.4, -0.2) is 48.6 Å². The molecule has 7 heteroatoms. The minimum absolute atomic E-state index is 0.00982. The molecule has 0 aliphatic carbocycles. The molecular weight excluding hydrogens is 260 g/mol. The van der Waals surface area contributed by atoms with Gasteiger partial charge in [0.15, 0.2) is 11.6 Å². The first kappa shape index (κ1) is 14.4. The van der Waals surface area contributed by atoms with Crippen molar-refractivity contribution in [3.8, 4) is 0 Å². The number of carbonyl (C=O) groups is 2. The fourth-order valence-electron chi connectivity index (χ4n) is 2.22. The quantitative estimate of drug-likeness (QED) is 0.447. The van der Waals surface area contributed by atoms with Gasteiger partial charge in [-0.25, -0.2) is 5.01 Å². The SMILES string of the molecule is C=C1C(=O)NC(C(C)=O)=NN1/C(=N\C)C1CCOCC1. The number of nitrogens with zero attached hydrogens (tertiary/aromatic N) is 3. The molecule has 0 saturated carbocycles. The lowest BCUT2D eigenvalue weighted by Crippen LogP contribution is -2.49. The van der Waals surface area contributed by atoms with Crippen molar-refractivity contribution < 1.29 is 14.3 Å². The van der Waals surface area contributed by atoms with Gasteiger partial charge < -0.3 is 10.1 Å². The maximum absolute atomic E-state index is 11.9. The molecular formula is C13H18N4O3. The van der Waals surface area contributed by atoms with E-state index in [9.17, 15) is 9.59 Å². The Morgan fingerprint density at radius 3 is 2.70 bits per heavy atom. The van der Waals surface area contributed by atoms with Gasteiger partial charge in [0.1, 0.15) is 11.5 Å². The Morgan fingerprint density at radius 1 is 1.50 bits per heavy atom. The molecule has 1 N–H and O–H groups in total. The molecule has 7 nitrogen and oxygen atoms in total. The summed E-state index contributed by atoms with van der Waals surface area (Å²) in [7, 11) is 1.65. The number of hydrogen-bond donors (Lipinski definition) is 1. The molecule has 0 aromatic heterocycles. The van der Waals surface area contributed by atoms with Crippen molar-refractivity contribution in [1.82, 2.24) is 10.3 Å². The minimum Gasteiger partial charge on any atom is -0.381 e. The normalized spacial score (nSPS) is 21.6. The van der Waals surface area contributed by atoms with Gasteiger partial charge in [0, 0.05) is 33.1 Å². The van der Waals surface area contributed by atoms with Crippen LogP contribution >= 0.6 is 0 Å². The maximum Gasteiger partial charge on any atom is 0.275 e. The van der Waals surface area contributed by atoms with E-state index < -0.39 is 5.91 Å². The van der Waals surface area contributed by atoms with Gasteiger partial charge in [-0.2, -0.15) is 0 Å². The molecule has 1 amide bonds. The Bertz CT molecular complexity index is 504. The second kappa shape index (κ2) is 5.96. The van der Waals surface area contributed by atoms with E-state index >= 15 is 0 Å². The molecule has 20 heavy (non-hydrogen) atoms. The van der Waals surface area contributed by atoms with Gasteiger partial charge in [-0.15, -0.1) is 5.10 Å². The number of amidine groups is 2. The molecule has 2 heterocycles. The van der Waals surface area contributed by atoms with Gasteiger partial charge in [0.05, 0.1) is 0 Å². The average molecular weight is 278 g/mol. The number of hydrazone groups is 1. The van der Waals surface area contributed by atoms with Crippen LogP contribution in [0.15, 0.2) is 22.4 Å². The number of nitrogens with one attached hydrogen (secondary N) is 1. The van der Waals surface area contributed by atoms with E-state index in [0.717, 1.165) is 12.8 Å². The summed E-state index contributed by atoms with van der Waals surface area (Å²) in [5, 5.41) is 7.96. The summed E-state index contributed by atoms with van der Waals surface area (Å²) in [5.74, 6) is 0.0626. The van der Waals surface area contributed by atoms with Crippen LogP contribution in [0.4, 0.5) is 0 Å². The predicted molar refractivity (Wildman–Crippen MR) is 74.1 cm³/mol. The number of hydrogen-bond acceptors (Lipinski definition) is 5. The average Bonchev–Trinajstić information content (AvgIpc) is 2.45. The van der Waals surface area contributed by atoms with Gasteiger partial charge >= 0.3 is 0 Å². The zero-order valence-corrected chi connectivity index (χ0v) is 11.7. The van der Waals surface area contributed by atoms with Crippen molar-refractivity contribution in [2.24, 2.45) is 16.0 Å². The number of rotatable bonds is 2. The van der Waals surface area contributed by atoms with Crippen LogP contribution in [0.2, 0.25) is 0 Å². The van der Waals surface area contributed by atoms with Crippen LogP contribution in [0.25, 0.3) is 0 Å². The molecule has 0 unspecified atom stereocenters. The highest BCUT2D eigenvalue weighted by Crippen LogP contribution is 2.22. The summed E-state index contributed by atoms with van der Waals surface area (Å²) in [6, 6.07) is 0. The number of ether oxygens (including phenoxy) is 1. The van der Waals surface area contributed by atoms with Gasteiger partial charge in [0.25, 0.3) is 5.91 Å². The number of carbonyl (C=O) groups excluding carboxylic acids is 2. The molecule has 2 rings (SSSR count). The highest BCUT2D eigenvalue weighted by Gasteiger charge is 2.32. The molecule has 108 valence electrons. The Hall–Kier alpha value is -2.02. The Labute approximate surface area is 117 Å². The Morgan fingerprint density at radius 2 is 2.15 bits per heavy atom. The fraction of sp³-hybridized carbons (Fsp3) is 0.538. The number of aliphatic imine (C=N–C) groups is 1. The van der Waals surface area contributed by atoms with Gasteiger partial charge in [-0.05, 0) is 12.8 Å². The summed E-state index contributed by atoms with van der Waals surface area (Å²) in [6.45, 7) is 6.37. The maximum atomic E-state index is 11.9. The Kier molecular flexibility index (Phi) is 4.29. The first-order valence-corrected chi connectivity index (χ1v) is 6.49. The van der Waals surface area contributed by atoms with Crippen molar-refractivity contribution in [2.45, 2.75) is 19.8 Å². The van der Waals surface area contributed by atoms with Crippen molar-refractivity contribution in [1.29, 1.82) is 0 Å². The number of Topliss-reactive ketones (excluding diaryl/α,β-unsaturated/α-hetero) is 1. The van der Waals surface area contributed by atoms with Crippen LogP contribution in [0.3, 0.4) is 0 Å². The second-order valence-electron chi connectivity index (χ2n) is 4.69. The molecule has 2 aliphatic rings. The van der Waals surface area contributed by atoms with Crippen LogP contribution in [0.5, 0.6) is 0 Å². The third-order valence-corrected chi connectivity index (χ3v) is 3.32. The fourth-order valence-corrected chi connectivity index (χ4v) is 2.22. The van der Waals surface area contributed by atoms with E-state index in [1.165, 1.54) is 11.9 Å². The predicted octanol–water partition coefficient (Wildman–Crippen LogP) is 0.289. The second-order valence-corrected chi connectivity index (χ2v) is 4.69. The van der Waals surface area contributed by atoms with Crippen LogP contribution in [0, 0.1) is 5.92 Å². The standard InChI is InChI=1S/C13H18N4O3/c1-8-13(19)15-11(9(2)18)16-17(8)12(14-3)10-4-6-20-7-5-10/h10H,1,4-7H2,2-3H3,(H,15,16,19)/b14-12-. The molecule has 2 aliphatic heterocycles. The zero-order valence-electron chi connectivity index (χ0n) is 11.7. The first-order chi connectivity index (χ1) is 9.54. The first-order valence-electron chi connectivity index (χ1n) is 6.49. The van der Waals surface area contributed by atoms with Crippen molar-refractivity contribution in [2.75, 3.05) is 20.3 Å². The summed E-state index contributed by atoms with van der Waals surface area (Å²) < 4.78 is 5.32. The lowest BCUT2D eigenvalue weighted by atomic mass is 9.98. The third-order valence-electron chi connectivity index (χ3n) is 3.32. The lowest BCUT2D eigenvalue weighted by Gasteiger charge is -2.32. The monoisotopic (exact) mass is 278 g/mol. The minimum atomic E-state index is -0.432. The van der Waals surface area contributed by atoms with Crippen LogP contribution in [0.1, 0.15) is 19.8 Å². The smallest absolute Gasteiger partial charge is 0.275 e. The lowest BCUT2D eigenvalue weighted by molar-refractivity contribution is -0.119. The van der Waals surface area contributed by atoms with Gasteiger partial charge in [-0.3, -0.25) is 14.6 Å². The molecule has 0 aromatic rings. The summed E-state index contributed by atoms with van der Waals surface area (Å²) >= 11 is 0. The van der Waals surface area contributed by atoms with E-state index in [4.69, 9.17) is 4.74 Å². The highest BCUT2D eigenvalue weighted by atomic mass is 16.5. The van der Waals surface area contributed by atoms with E-state index in [1.54, 1.807) is 7.05 Å². The molecule has 0 aromatic carbocycles. The highest BCUT2D eigenvalue weighted by molar-refractivity contribution is 6.41. The summed E-state index contributed by atoms with van der Waals surface area (Å²) in [5.41, 5.74) is 0.169. The number of ketones is 1. The number of amides is 1.